The number of aliphatic imine (C=N–C) groups is 1. The van der Waals surface area contributed by atoms with Gasteiger partial charge in [-0.05, 0) is 49.1 Å². The molecule has 23 heavy (non-hydrogen) atoms. The van der Waals surface area contributed by atoms with Gasteiger partial charge in [0.15, 0.2) is 0 Å². The van der Waals surface area contributed by atoms with Crippen LogP contribution in [0.2, 0.25) is 0 Å². The SMILES string of the molecule is CCN(C)/C=N\c1cc(OC)cc(Cc2ccccc2Br)c1C. The van der Waals surface area contributed by atoms with E-state index in [0.29, 0.717) is 0 Å². The minimum atomic E-state index is 0.837. The van der Waals surface area contributed by atoms with Crippen molar-refractivity contribution < 1.29 is 4.74 Å². The Morgan fingerprint density at radius 3 is 2.61 bits per heavy atom. The largest absolute Gasteiger partial charge is 0.497 e. The Hall–Kier alpha value is -1.81. The van der Waals surface area contributed by atoms with Gasteiger partial charge in [0.25, 0.3) is 0 Å². The summed E-state index contributed by atoms with van der Waals surface area (Å²) >= 11 is 3.62. The first-order valence-corrected chi connectivity index (χ1v) is 8.49. The highest BCUT2D eigenvalue weighted by Gasteiger charge is 2.09. The summed E-state index contributed by atoms with van der Waals surface area (Å²) in [5.41, 5.74) is 4.61. The molecular weight excluding hydrogens is 352 g/mol. The second kappa shape index (κ2) is 8.16. The molecule has 2 rings (SSSR count). The average Bonchev–Trinajstić information content (AvgIpc) is 2.57. The van der Waals surface area contributed by atoms with Crippen LogP contribution < -0.4 is 4.74 Å². The molecule has 0 saturated heterocycles. The maximum absolute atomic E-state index is 5.45. The molecule has 0 saturated carbocycles. The lowest BCUT2D eigenvalue weighted by Crippen LogP contribution is -2.14. The second-order valence-corrected chi connectivity index (χ2v) is 6.37. The van der Waals surface area contributed by atoms with Crippen molar-refractivity contribution >= 4 is 28.0 Å². The van der Waals surface area contributed by atoms with Crippen molar-refractivity contribution in [1.82, 2.24) is 4.90 Å². The predicted octanol–water partition coefficient (Wildman–Crippen LogP) is 4.97. The van der Waals surface area contributed by atoms with Crippen molar-refractivity contribution in [3.05, 3.63) is 57.6 Å². The lowest BCUT2D eigenvalue weighted by Gasteiger charge is -2.14. The highest BCUT2D eigenvalue weighted by Crippen LogP contribution is 2.31. The molecule has 0 amide bonds. The third-order valence-electron chi connectivity index (χ3n) is 3.93. The molecule has 0 heterocycles. The minimum absolute atomic E-state index is 0.837. The Morgan fingerprint density at radius 2 is 1.96 bits per heavy atom. The lowest BCUT2D eigenvalue weighted by atomic mass is 9.99. The molecular formula is C19H23BrN2O. The molecule has 0 aliphatic heterocycles. The fourth-order valence-electron chi connectivity index (χ4n) is 2.25. The van der Waals surface area contributed by atoms with Crippen molar-refractivity contribution in [2.24, 2.45) is 4.99 Å². The van der Waals surface area contributed by atoms with Gasteiger partial charge in [-0.1, -0.05) is 34.1 Å². The Kier molecular flexibility index (Phi) is 6.22. The van der Waals surface area contributed by atoms with Gasteiger partial charge in [-0.2, -0.15) is 0 Å². The molecule has 0 aliphatic rings. The number of hydrogen-bond acceptors (Lipinski definition) is 2. The van der Waals surface area contributed by atoms with Gasteiger partial charge in [0.05, 0.1) is 19.1 Å². The number of hydrogen-bond donors (Lipinski definition) is 0. The highest BCUT2D eigenvalue weighted by molar-refractivity contribution is 9.10. The van der Waals surface area contributed by atoms with E-state index in [1.54, 1.807) is 7.11 Å². The zero-order valence-corrected chi connectivity index (χ0v) is 15.7. The van der Waals surface area contributed by atoms with E-state index in [0.717, 1.165) is 28.9 Å². The van der Waals surface area contributed by atoms with Gasteiger partial charge in [-0.3, -0.25) is 0 Å². The van der Waals surface area contributed by atoms with Crippen molar-refractivity contribution in [3.63, 3.8) is 0 Å². The van der Waals surface area contributed by atoms with E-state index in [2.05, 4.69) is 59.0 Å². The molecule has 0 aromatic heterocycles. The standard InChI is InChI=1S/C19H23BrN2O/c1-5-22(3)13-21-19-12-17(23-4)11-16(14(19)2)10-15-8-6-7-9-18(15)20/h6-9,11-13H,5,10H2,1-4H3/b21-13-. The summed E-state index contributed by atoms with van der Waals surface area (Å²) in [5, 5.41) is 0. The first kappa shape index (κ1) is 17.5. The van der Waals surface area contributed by atoms with E-state index in [1.165, 1.54) is 16.7 Å². The zero-order chi connectivity index (χ0) is 16.8. The Morgan fingerprint density at radius 1 is 1.22 bits per heavy atom. The number of rotatable bonds is 6. The monoisotopic (exact) mass is 374 g/mol. The van der Waals surface area contributed by atoms with Gasteiger partial charge in [0.1, 0.15) is 5.75 Å². The van der Waals surface area contributed by atoms with Crippen molar-refractivity contribution in [1.29, 1.82) is 0 Å². The van der Waals surface area contributed by atoms with E-state index in [4.69, 9.17) is 4.74 Å². The van der Waals surface area contributed by atoms with Gasteiger partial charge in [0.2, 0.25) is 0 Å². The van der Waals surface area contributed by atoms with Gasteiger partial charge >= 0.3 is 0 Å². The summed E-state index contributed by atoms with van der Waals surface area (Å²) in [4.78, 5) is 6.67. The molecule has 2 aromatic carbocycles. The van der Waals surface area contributed by atoms with Crippen molar-refractivity contribution in [2.75, 3.05) is 20.7 Å². The van der Waals surface area contributed by atoms with Crippen LogP contribution in [0.15, 0.2) is 45.9 Å². The summed E-state index contributed by atoms with van der Waals surface area (Å²) in [7, 11) is 3.71. The molecule has 0 unspecified atom stereocenters. The molecule has 0 bridgehead atoms. The van der Waals surface area contributed by atoms with Crippen LogP contribution in [0.4, 0.5) is 5.69 Å². The predicted molar refractivity (Wildman–Crippen MR) is 101 cm³/mol. The number of nitrogens with zero attached hydrogens (tertiary/aromatic N) is 2. The Labute approximate surface area is 147 Å². The van der Waals surface area contributed by atoms with Crippen LogP contribution in [-0.4, -0.2) is 31.9 Å². The van der Waals surface area contributed by atoms with E-state index < -0.39 is 0 Å². The molecule has 0 atom stereocenters. The van der Waals surface area contributed by atoms with Gasteiger partial charge in [-0.25, -0.2) is 4.99 Å². The first-order valence-electron chi connectivity index (χ1n) is 7.70. The number of halogens is 1. The van der Waals surface area contributed by atoms with Gasteiger partial charge < -0.3 is 9.64 Å². The van der Waals surface area contributed by atoms with E-state index in [9.17, 15) is 0 Å². The first-order chi connectivity index (χ1) is 11.0. The van der Waals surface area contributed by atoms with Crippen LogP contribution in [0, 0.1) is 6.92 Å². The van der Waals surface area contributed by atoms with Gasteiger partial charge in [0, 0.05) is 24.1 Å². The fraction of sp³-hybridized carbons (Fsp3) is 0.316. The minimum Gasteiger partial charge on any atom is -0.497 e. The molecule has 3 nitrogen and oxygen atoms in total. The molecule has 122 valence electrons. The number of benzene rings is 2. The lowest BCUT2D eigenvalue weighted by molar-refractivity contribution is 0.414. The second-order valence-electron chi connectivity index (χ2n) is 5.52. The summed E-state index contributed by atoms with van der Waals surface area (Å²) in [6, 6.07) is 12.4. The molecule has 0 spiro atoms. The Balaban J connectivity index is 2.39. The molecule has 4 heteroatoms. The topological polar surface area (TPSA) is 24.8 Å². The van der Waals surface area contributed by atoms with Crippen LogP contribution in [0.5, 0.6) is 5.75 Å². The summed E-state index contributed by atoms with van der Waals surface area (Å²) in [6.07, 6.45) is 2.71. The molecule has 0 aliphatic carbocycles. The van der Waals surface area contributed by atoms with Crippen LogP contribution in [0.25, 0.3) is 0 Å². The smallest absolute Gasteiger partial charge is 0.121 e. The van der Waals surface area contributed by atoms with Crippen LogP contribution in [-0.2, 0) is 6.42 Å². The van der Waals surface area contributed by atoms with E-state index >= 15 is 0 Å². The third-order valence-corrected chi connectivity index (χ3v) is 4.70. The van der Waals surface area contributed by atoms with Crippen molar-refractivity contribution in [2.45, 2.75) is 20.3 Å². The summed E-state index contributed by atoms with van der Waals surface area (Å²) in [6.45, 7) is 5.14. The van der Waals surface area contributed by atoms with Crippen LogP contribution in [0.1, 0.15) is 23.6 Å². The number of ether oxygens (including phenoxy) is 1. The van der Waals surface area contributed by atoms with E-state index in [-0.39, 0.29) is 0 Å². The van der Waals surface area contributed by atoms with Crippen LogP contribution in [0.3, 0.4) is 0 Å². The highest BCUT2D eigenvalue weighted by atomic mass is 79.9. The molecule has 0 N–H and O–H groups in total. The quantitative estimate of drug-likeness (QED) is 0.526. The van der Waals surface area contributed by atoms with Crippen LogP contribution >= 0.6 is 15.9 Å². The molecule has 0 radical (unpaired) electrons. The maximum atomic E-state index is 5.45. The Bertz CT molecular complexity index is 698. The normalized spacial score (nSPS) is 11.0. The summed E-state index contributed by atoms with van der Waals surface area (Å²) in [5.74, 6) is 0.837. The third kappa shape index (κ3) is 4.58. The summed E-state index contributed by atoms with van der Waals surface area (Å²) < 4.78 is 6.58. The zero-order valence-electron chi connectivity index (χ0n) is 14.1. The molecule has 2 aromatic rings. The average molecular weight is 375 g/mol. The van der Waals surface area contributed by atoms with Gasteiger partial charge in [-0.15, -0.1) is 0 Å². The maximum Gasteiger partial charge on any atom is 0.121 e. The number of methoxy groups -OCH3 is 1. The van der Waals surface area contributed by atoms with Crippen molar-refractivity contribution in [3.8, 4) is 5.75 Å². The fourth-order valence-corrected chi connectivity index (χ4v) is 2.68. The molecule has 0 fully saturated rings. The van der Waals surface area contributed by atoms with E-state index in [1.807, 2.05) is 30.4 Å².